The number of rotatable bonds is 3. The second kappa shape index (κ2) is 11.0. The average molecular weight is 524 g/mol. The van der Waals surface area contributed by atoms with Gasteiger partial charge in [-0.3, -0.25) is 0 Å². The van der Waals surface area contributed by atoms with Gasteiger partial charge < -0.3 is 0 Å². The SMILES string of the molecule is CCCCc1cc(F)c(C#Cc2ccc(C#Cc3cc(F)c(C(F)(F)F)c(F)c3)c3ccccc23)c(F)c1. The number of alkyl halides is 3. The minimum atomic E-state index is -5.17. The summed E-state index contributed by atoms with van der Waals surface area (Å²) in [5.74, 6) is 5.59. The van der Waals surface area contributed by atoms with E-state index in [1.54, 1.807) is 36.4 Å². The first-order valence-corrected chi connectivity index (χ1v) is 11.7. The molecule has 0 amide bonds. The van der Waals surface area contributed by atoms with Crippen LogP contribution in [0.3, 0.4) is 0 Å². The van der Waals surface area contributed by atoms with E-state index in [9.17, 15) is 30.7 Å². The van der Waals surface area contributed by atoms with Crippen molar-refractivity contribution in [3.05, 3.63) is 117 Å². The molecule has 38 heavy (non-hydrogen) atoms. The van der Waals surface area contributed by atoms with Crippen molar-refractivity contribution in [2.24, 2.45) is 0 Å². The fraction of sp³-hybridized carbons (Fsp3) is 0.161. The molecule has 192 valence electrons. The topological polar surface area (TPSA) is 0 Å². The largest absolute Gasteiger partial charge is 0.422 e. The van der Waals surface area contributed by atoms with Crippen molar-refractivity contribution in [1.82, 2.24) is 0 Å². The monoisotopic (exact) mass is 524 g/mol. The highest BCUT2D eigenvalue weighted by atomic mass is 19.4. The molecule has 0 aliphatic rings. The van der Waals surface area contributed by atoms with Gasteiger partial charge in [0.1, 0.15) is 28.8 Å². The lowest BCUT2D eigenvalue weighted by molar-refractivity contribution is -0.142. The van der Waals surface area contributed by atoms with Gasteiger partial charge in [-0.1, -0.05) is 61.3 Å². The van der Waals surface area contributed by atoms with Gasteiger partial charge in [0.05, 0.1) is 5.56 Å². The van der Waals surface area contributed by atoms with Gasteiger partial charge in [0, 0.05) is 16.7 Å². The molecule has 0 atom stereocenters. The Morgan fingerprint density at radius 1 is 0.658 bits per heavy atom. The van der Waals surface area contributed by atoms with Crippen LogP contribution < -0.4 is 0 Å². The van der Waals surface area contributed by atoms with E-state index in [0.29, 0.717) is 46.0 Å². The van der Waals surface area contributed by atoms with E-state index in [0.717, 1.165) is 12.8 Å². The predicted molar refractivity (Wildman–Crippen MR) is 132 cm³/mol. The number of halogens is 7. The van der Waals surface area contributed by atoms with Gasteiger partial charge in [-0.2, -0.15) is 13.2 Å². The first kappa shape index (κ1) is 26.8. The summed E-state index contributed by atoms with van der Waals surface area (Å²) < 4.78 is 95.3. The highest BCUT2D eigenvalue weighted by Gasteiger charge is 2.37. The summed E-state index contributed by atoms with van der Waals surface area (Å²) in [5.41, 5.74) is -1.14. The lowest BCUT2D eigenvalue weighted by Crippen LogP contribution is -2.11. The molecule has 0 nitrogen and oxygen atoms in total. The molecular weight excluding hydrogens is 505 g/mol. The van der Waals surface area contributed by atoms with E-state index < -0.39 is 35.0 Å². The Bertz CT molecular complexity index is 1590. The Morgan fingerprint density at radius 3 is 1.68 bits per heavy atom. The van der Waals surface area contributed by atoms with Crippen molar-refractivity contribution < 1.29 is 30.7 Å². The quantitative estimate of drug-likeness (QED) is 0.186. The highest BCUT2D eigenvalue weighted by molar-refractivity contribution is 5.93. The molecule has 0 aliphatic heterocycles. The summed E-state index contributed by atoms with van der Waals surface area (Å²) in [5, 5.41) is 1.20. The maximum absolute atomic E-state index is 14.6. The Morgan fingerprint density at radius 2 is 1.18 bits per heavy atom. The predicted octanol–water partition coefficient (Wildman–Crippen LogP) is 8.56. The molecule has 4 aromatic carbocycles. The standard InChI is InChI=1S/C31H19F7/c1-2-3-6-19-15-26(32)25(27(33)16-19)14-13-22-12-11-21(23-7-4-5-8-24(22)23)10-9-20-17-28(34)30(29(35)18-20)31(36,37)38/h4-5,7-8,11-12,15-18H,2-3,6H2,1H3. The molecule has 0 saturated heterocycles. The van der Waals surface area contributed by atoms with Crippen LogP contribution in [0, 0.1) is 47.0 Å². The average Bonchev–Trinajstić information content (AvgIpc) is 2.85. The van der Waals surface area contributed by atoms with E-state index in [1.165, 1.54) is 12.1 Å². The second-order valence-electron chi connectivity index (χ2n) is 8.56. The summed E-state index contributed by atoms with van der Waals surface area (Å²) in [6.45, 7) is 1.99. The first-order valence-electron chi connectivity index (χ1n) is 11.7. The van der Waals surface area contributed by atoms with Gasteiger partial charge in [0.2, 0.25) is 0 Å². The summed E-state index contributed by atoms with van der Waals surface area (Å²) in [6.07, 6.45) is -2.89. The molecule has 0 radical (unpaired) electrons. The van der Waals surface area contributed by atoms with E-state index in [4.69, 9.17) is 0 Å². The van der Waals surface area contributed by atoms with Crippen LogP contribution in [-0.2, 0) is 12.6 Å². The summed E-state index contributed by atoms with van der Waals surface area (Å²) in [6, 6.07) is 13.7. The Labute approximate surface area is 215 Å². The zero-order valence-corrected chi connectivity index (χ0v) is 20.0. The number of fused-ring (bicyclic) bond motifs is 1. The van der Waals surface area contributed by atoms with E-state index in [-0.39, 0.29) is 11.1 Å². The lowest BCUT2D eigenvalue weighted by Gasteiger charge is -2.09. The summed E-state index contributed by atoms with van der Waals surface area (Å²) in [7, 11) is 0. The van der Waals surface area contributed by atoms with Crippen LogP contribution in [0.5, 0.6) is 0 Å². The Hall–Kier alpha value is -4.23. The fourth-order valence-electron chi connectivity index (χ4n) is 3.97. The third kappa shape index (κ3) is 5.84. The van der Waals surface area contributed by atoms with Crippen LogP contribution in [0.1, 0.15) is 53.1 Å². The van der Waals surface area contributed by atoms with E-state index in [2.05, 4.69) is 23.7 Å². The number of unbranched alkanes of at least 4 members (excludes halogenated alkanes) is 1. The van der Waals surface area contributed by atoms with Crippen molar-refractivity contribution in [3.63, 3.8) is 0 Å². The molecule has 0 fully saturated rings. The van der Waals surface area contributed by atoms with Crippen LogP contribution in [0.15, 0.2) is 60.7 Å². The van der Waals surface area contributed by atoms with Crippen molar-refractivity contribution in [2.45, 2.75) is 32.4 Å². The molecule has 4 rings (SSSR count). The molecule has 0 unspecified atom stereocenters. The molecule has 0 saturated carbocycles. The first-order chi connectivity index (χ1) is 18.1. The summed E-state index contributed by atoms with van der Waals surface area (Å²) >= 11 is 0. The van der Waals surface area contributed by atoms with Gasteiger partial charge in [0.15, 0.2) is 0 Å². The van der Waals surface area contributed by atoms with Crippen molar-refractivity contribution >= 4 is 10.8 Å². The molecule has 0 heterocycles. The minimum Gasteiger partial charge on any atom is -0.206 e. The molecule has 0 spiro atoms. The number of benzene rings is 4. The number of hydrogen-bond acceptors (Lipinski definition) is 0. The Kier molecular flexibility index (Phi) is 7.78. The lowest BCUT2D eigenvalue weighted by atomic mass is 9.99. The third-order valence-corrected chi connectivity index (χ3v) is 5.83. The maximum atomic E-state index is 14.6. The van der Waals surface area contributed by atoms with Gasteiger partial charge in [-0.15, -0.1) is 0 Å². The smallest absolute Gasteiger partial charge is 0.206 e. The van der Waals surface area contributed by atoms with Crippen LogP contribution in [0.4, 0.5) is 30.7 Å². The van der Waals surface area contributed by atoms with Crippen LogP contribution in [-0.4, -0.2) is 0 Å². The van der Waals surface area contributed by atoms with Crippen molar-refractivity contribution in [3.8, 4) is 23.7 Å². The normalized spacial score (nSPS) is 11.1. The van der Waals surface area contributed by atoms with Gasteiger partial charge >= 0.3 is 6.18 Å². The molecule has 0 aromatic heterocycles. The maximum Gasteiger partial charge on any atom is 0.422 e. The molecular formula is C31H19F7. The van der Waals surface area contributed by atoms with Crippen LogP contribution in [0.2, 0.25) is 0 Å². The Balaban J connectivity index is 1.71. The van der Waals surface area contributed by atoms with Gasteiger partial charge in [-0.05, 0) is 65.6 Å². The molecule has 0 aliphatic carbocycles. The van der Waals surface area contributed by atoms with Gasteiger partial charge in [-0.25, -0.2) is 17.6 Å². The van der Waals surface area contributed by atoms with Crippen LogP contribution in [0.25, 0.3) is 10.8 Å². The zero-order valence-electron chi connectivity index (χ0n) is 20.0. The van der Waals surface area contributed by atoms with Gasteiger partial charge in [0.25, 0.3) is 0 Å². The van der Waals surface area contributed by atoms with E-state index in [1.807, 2.05) is 6.92 Å². The second-order valence-corrected chi connectivity index (χ2v) is 8.56. The molecule has 7 heteroatoms. The third-order valence-electron chi connectivity index (χ3n) is 5.83. The fourth-order valence-corrected chi connectivity index (χ4v) is 3.97. The highest BCUT2D eigenvalue weighted by Crippen LogP contribution is 2.34. The number of hydrogen-bond donors (Lipinski definition) is 0. The van der Waals surface area contributed by atoms with Crippen LogP contribution >= 0.6 is 0 Å². The zero-order chi connectivity index (χ0) is 27.4. The molecule has 4 aromatic rings. The van der Waals surface area contributed by atoms with E-state index >= 15 is 0 Å². The summed E-state index contributed by atoms with van der Waals surface area (Å²) in [4.78, 5) is 0. The number of aryl methyl sites for hydroxylation is 1. The van der Waals surface area contributed by atoms with Crippen molar-refractivity contribution in [1.29, 1.82) is 0 Å². The molecule has 0 N–H and O–H groups in total. The molecule has 0 bridgehead atoms. The van der Waals surface area contributed by atoms with Crippen molar-refractivity contribution in [2.75, 3.05) is 0 Å². The minimum absolute atomic E-state index is 0.269.